The fourth-order valence-electron chi connectivity index (χ4n) is 1.55. The molecule has 0 unspecified atom stereocenters. The van der Waals surface area contributed by atoms with Crippen molar-refractivity contribution < 1.29 is 14.7 Å². The number of H-pyrrole nitrogens is 1. The van der Waals surface area contributed by atoms with Gasteiger partial charge in [-0.25, -0.2) is 4.79 Å². The number of carboxylic acids is 1. The van der Waals surface area contributed by atoms with E-state index in [0.717, 1.165) is 5.69 Å². The molecule has 18 heavy (non-hydrogen) atoms. The Morgan fingerprint density at radius 1 is 1.17 bits per heavy atom. The zero-order valence-electron chi connectivity index (χ0n) is 9.51. The van der Waals surface area contributed by atoms with Crippen LogP contribution in [0.15, 0.2) is 42.6 Å². The number of aromatic carboxylic acids is 1. The van der Waals surface area contributed by atoms with Gasteiger partial charge in [-0.1, -0.05) is 6.07 Å². The summed E-state index contributed by atoms with van der Waals surface area (Å²) in [5.74, 6) is -1.35. The quantitative estimate of drug-likeness (QED) is 0.764. The summed E-state index contributed by atoms with van der Waals surface area (Å²) in [4.78, 5) is 25.5. The molecule has 0 aliphatic heterocycles. The molecule has 0 aliphatic carbocycles. The minimum atomic E-state index is -1.05. The van der Waals surface area contributed by atoms with Crippen molar-refractivity contribution in [2.75, 3.05) is 0 Å². The lowest BCUT2D eigenvalue weighted by molar-refractivity contribution is 0.0697. The Kier molecular flexibility index (Phi) is 3.43. The minimum Gasteiger partial charge on any atom is -0.478 e. The normalized spacial score (nSPS) is 10.0. The van der Waals surface area contributed by atoms with E-state index in [-0.39, 0.29) is 11.5 Å². The van der Waals surface area contributed by atoms with Gasteiger partial charge in [0.2, 0.25) is 0 Å². The second-order valence-corrected chi connectivity index (χ2v) is 3.76. The molecule has 2 aromatic rings. The molecule has 0 spiro atoms. The molecule has 1 amide bonds. The maximum absolute atomic E-state index is 11.8. The Morgan fingerprint density at radius 2 is 1.94 bits per heavy atom. The summed E-state index contributed by atoms with van der Waals surface area (Å²) in [6, 6.07) is 9.63. The van der Waals surface area contributed by atoms with Gasteiger partial charge in [-0.15, -0.1) is 0 Å². The van der Waals surface area contributed by atoms with Gasteiger partial charge in [-0.3, -0.25) is 4.79 Å². The summed E-state index contributed by atoms with van der Waals surface area (Å²) < 4.78 is 0. The molecule has 0 aliphatic rings. The van der Waals surface area contributed by atoms with Gasteiger partial charge in [0.1, 0.15) is 0 Å². The number of nitrogens with one attached hydrogen (secondary N) is 2. The molecule has 1 aromatic heterocycles. The fraction of sp³-hybridized carbons (Fsp3) is 0.0769. The molecule has 0 fully saturated rings. The molecule has 0 radical (unpaired) electrons. The van der Waals surface area contributed by atoms with Gasteiger partial charge in [0, 0.05) is 17.5 Å². The highest BCUT2D eigenvalue weighted by Crippen LogP contribution is 2.05. The molecule has 3 N–H and O–H groups in total. The van der Waals surface area contributed by atoms with Crippen LogP contribution in [0.4, 0.5) is 0 Å². The van der Waals surface area contributed by atoms with Gasteiger partial charge in [0.15, 0.2) is 0 Å². The molecule has 0 saturated carbocycles. The van der Waals surface area contributed by atoms with E-state index in [1.165, 1.54) is 12.1 Å². The third-order valence-electron chi connectivity index (χ3n) is 2.47. The van der Waals surface area contributed by atoms with Crippen molar-refractivity contribution >= 4 is 11.9 Å². The van der Waals surface area contributed by atoms with Crippen molar-refractivity contribution in [3.05, 3.63) is 59.4 Å². The van der Waals surface area contributed by atoms with Gasteiger partial charge in [0.05, 0.1) is 12.1 Å². The molecule has 2 rings (SSSR count). The summed E-state index contributed by atoms with van der Waals surface area (Å²) in [7, 11) is 0. The average molecular weight is 244 g/mol. The van der Waals surface area contributed by atoms with E-state index < -0.39 is 5.97 Å². The predicted octanol–water partition coefficient (Wildman–Crippen LogP) is 1.64. The smallest absolute Gasteiger partial charge is 0.335 e. The lowest BCUT2D eigenvalue weighted by atomic mass is 10.1. The monoisotopic (exact) mass is 244 g/mol. The number of aromatic nitrogens is 1. The summed E-state index contributed by atoms with van der Waals surface area (Å²) in [5.41, 5.74) is 1.32. The van der Waals surface area contributed by atoms with E-state index in [0.29, 0.717) is 12.1 Å². The van der Waals surface area contributed by atoms with Crippen LogP contribution in [-0.2, 0) is 6.54 Å². The van der Waals surface area contributed by atoms with Crippen LogP contribution >= 0.6 is 0 Å². The Hall–Kier alpha value is -2.56. The highest BCUT2D eigenvalue weighted by Gasteiger charge is 2.09. The number of carbonyl (C=O) groups excluding carboxylic acids is 1. The first kappa shape index (κ1) is 11.9. The molecule has 1 aromatic carbocycles. The second-order valence-electron chi connectivity index (χ2n) is 3.76. The number of carboxylic acid groups (broad SMARTS) is 1. The van der Waals surface area contributed by atoms with E-state index in [4.69, 9.17) is 5.11 Å². The molecule has 1 heterocycles. The highest BCUT2D eigenvalue weighted by atomic mass is 16.4. The van der Waals surface area contributed by atoms with Crippen molar-refractivity contribution in [2.45, 2.75) is 6.54 Å². The van der Waals surface area contributed by atoms with Crippen LogP contribution in [0.25, 0.3) is 0 Å². The van der Waals surface area contributed by atoms with Crippen LogP contribution in [0, 0.1) is 0 Å². The average Bonchev–Trinajstić information content (AvgIpc) is 2.89. The first-order chi connectivity index (χ1) is 8.66. The molecule has 5 heteroatoms. The lowest BCUT2D eigenvalue weighted by Gasteiger charge is -2.04. The fourth-order valence-corrected chi connectivity index (χ4v) is 1.55. The van der Waals surface area contributed by atoms with Gasteiger partial charge in [-0.2, -0.15) is 0 Å². The Balaban J connectivity index is 2.04. The van der Waals surface area contributed by atoms with Gasteiger partial charge in [0.25, 0.3) is 5.91 Å². The molecular weight excluding hydrogens is 232 g/mol. The summed E-state index contributed by atoms with van der Waals surface area (Å²) in [6.45, 7) is 0.378. The third-order valence-corrected chi connectivity index (χ3v) is 2.47. The van der Waals surface area contributed by atoms with Gasteiger partial charge < -0.3 is 15.4 Å². The zero-order valence-corrected chi connectivity index (χ0v) is 9.51. The minimum absolute atomic E-state index is 0.0996. The van der Waals surface area contributed by atoms with E-state index in [2.05, 4.69) is 10.3 Å². The number of hydrogen-bond acceptors (Lipinski definition) is 2. The predicted molar refractivity (Wildman–Crippen MR) is 65.4 cm³/mol. The van der Waals surface area contributed by atoms with Crippen molar-refractivity contribution in [1.29, 1.82) is 0 Å². The molecule has 92 valence electrons. The number of hydrogen-bond donors (Lipinski definition) is 3. The molecule has 0 atom stereocenters. The first-order valence-electron chi connectivity index (χ1n) is 5.40. The summed E-state index contributed by atoms with van der Waals surface area (Å²) >= 11 is 0. The SMILES string of the molecule is O=C(O)c1cccc(C(=O)NCc2ccc[nH]2)c1. The Morgan fingerprint density at radius 3 is 2.61 bits per heavy atom. The number of amides is 1. The van der Waals surface area contributed by atoms with E-state index in [1.54, 1.807) is 18.3 Å². The van der Waals surface area contributed by atoms with Gasteiger partial charge >= 0.3 is 5.97 Å². The van der Waals surface area contributed by atoms with Crippen LogP contribution < -0.4 is 5.32 Å². The molecule has 0 saturated heterocycles. The zero-order chi connectivity index (χ0) is 13.0. The Labute approximate surface area is 103 Å². The summed E-state index contributed by atoms with van der Waals surface area (Å²) in [5, 5.41) is 11.5. The maximum Gasteiger partial charge on any atom is 0.335 e. The van der Waals surface area contributed by atoms with Crippen LogP contribution in [0.1, 0.15) is 26.4 Å². The molecule has 0 bridgehead atoms. The van der Waals surface area contributed by atoms with Crippen LogP contribution in [-0.4, -0.2) is 22.0 Å². The first-order valence-corrected chi connectivity index (χ1v) is 5.40. The largest absolute Gasteiger partial charge is 0.478 e. The topological polar surface area (TPSA) is 82.2 Å². The summed E-state index contributed by atoms with van der Waals surface area (Å²) in [6.07, 6.45) is 1.77. The maximum atomic E-state index is 11.8. The number of carbonyl (C=O) groups is 2. The van der Waals surface area contributed by atoms with Crippen LogP contribution in [0.5, 0.6) is 0 Å². The van der Waals surface area contributed by atoms with Crippen molar-refractivity contribution in [2.24, 2.45) is 0 Å². The lowest BCUT2D eigenvalue weighted by Crippen LogP contribution is -2.23. The third kappa shape index (κ3) is 2.76. The van der Waals surface area contributed by atoms with E-state index >= 15 is 0 Å². The highest BCUT2D eigenvalue weighted by molar-refractivity contribution is 5.97. The van der Waals surface area contributed by atoms with Crippen molar-refractivity contribution in [1.82, 2.24) is 10.3 Å². The van der Waals surface area contributed by atoms with E-state index in [9.17, 15) is 9.59 Å². The van der Waals surface area contributed by atoms with Crippen LogP contribution in [0.2, 0.25) is 0 Å². The van der Waals surface area contributed by atoms with Crippen molar-refractivity contribution in [3.8, 4) is 0 Å². The van der Waals surface area contributed by atoms with Crippen molar-refractivity contribution in [3.63, 3.8) is 0 Å². The number of benzene rings is 1. The molecule has 5 nitrogen and oxygen atoms in total. The van der Waals surface area contributed by atoms with E-state index in [1.807, 2.05) is 12.1 Å². The number of aromatic amines is 1. The Bertz CT molecular complexity index is 561. The van der Waals surface area contributed by atoms with Gasteiger partial charge in [-0.05, 0) is 30.3 Å². The standard InChI is InChI=1S/C13H12N2O3/c16-12(15-8-11-5-2-6-14-11)9-3-1-4-10(7-9)13(17)18/h1-7,14H,8H2,(H,15,16)(H,17,18). The van der Waals surface area contributed by atoms with Crippen LogP contribution in [0.3, 0.4) is 0 Å². The second kappa shape index (κ2) is 5.18. The number of rotatable bonds is 4. The molecular formula is C13H12N2O3.